The van der Waals surface area contributed by atoms with Gasteiger partial charge < -0.3 is 10.1 Å². The molecule has 5 nitrogen and oxygen atoms in total. The van der Waals surface area contributed by atoms with Gasteiger partial charge in [0.2, 0.25) is 5.91 Å². The van der Waals surface area contributed by atoms with Crippen molar-refractivity contribution in [2.24, 2.45) is 5.92 Å². The maximum absolute atomic E-state index is 11.6. The third kappa shape index (κ3) is 2.72. The molecule has 90 valence electrons. The minimum absolute atomic E-state index is 0.226. The first kappa shape index (κ1) is 11.4. The second-order valence-corrected chi connectivity index (χ2v) is 5.55. The predicted octanol–water partition coefficient (Wildman–Crippen LogP) is 0.788. The fourth-order valence-electron chi connectivity index (χ4n) is 2.02. The Morgan fingerprint density at radius 2 is 2.00 bits per heavy atom. The summed E-state index contributed by atoms with van der Waals surface area (Å²) < 4.78 is 5.01. The Morgan fingerprint density at radius 3 is 2.50 bits per heavy atom. The molecule has 0 radical (unpaired) electrons. The summed E-state index contributed by atoms with van der Waals surface area (Å²) in [7, 11) is 0. The van der Waals surface area contributed by atoms with Crippen molar-refractivity contribution in [1.82, 2.24) is 10.6 Å². The van der Waals surface area contributed by atoms with Crippen LogP contribution in [0.1, 0.15) is 33.6 Å². The van der Waals surface area contributed by atoms with E-state index in [0.29, 0.717) is 12.0 Å². The minimum atomic E-state index is -0.667. The molecule has 0 aromatic carbocycles. The lowest BCUT2D eigenvalue weighted by atomic mass is 10.2. The highest BCUT2D eigenvalue weighted by atomic mass is 16.6. The SMILES string of the molecule is CC(C)(C)OC(=O)NC(=O)[C@@H]1C[C@@H]2C[C@@H]2N1. The Hall–Kier alpha value is -1.10. The molecule has 2 fully saturated rings. The molecule has 0 spiro atoms. The summed E-state index contributed by atoms with van der Waals surface area (Å²) in [4.78, 5) is 23.0. The normalized spacial score (nSPS) is 31.8. The first-order valence-electron chi connectivity index (χ1n) is 5.65. The van der Waals surface area contributed by atoms with Gasteiger partial charge in [0.1, 0.15) is 5.60 Å². The number of fused-ring (bicyclic) bond motifs is 1. The van der Waals surface area contributed by atoms with Gasteiger partial charge in [0, 0.05) is 6.04 Å². The van der Waals surface area contributed by atoms with Gasteiger partial charge in [-0.05, 0) is 39.5 Å². The van der Waals surface area contributed by atoms with Crippen LogP contribution in [-0.2, 0) is 9.53 Å². The Balaban J connectivity index is 1.76. The zero-order valence-electron chi connectivity index (χ0n) is 9.87. The van der Waals surface area contributed by atoms with Crippen molar-refractivity contribution in [2.75, 3.05) is 0 Å². The number of alkyl carbamates (subject to hydrolysis) is 1. The summed E-state index contributed by atoms with van der Waals surface area (Å²) in [5.41, 5.74) is -0.574. The number of carbonyl (C=O) groups excluding carboxylic acids is 2. The van der Waals surface area contributed by atoms with Crippen molar-refractivity contribution in [2.45, 2.75) is 51.3 Å². The number of imide groups is 1. The van der Waals surface area contributed by atoms with Crippen molar-refractivity contribution in [3.8, 4) is 0 Å². The monoisotopic (exact) mass is 226 g/mol. The fourth-order valence-corrected chi connectivity index (χ4v) is 2.02. The number of nitrogens with one attached hydrogen (secondary N) is 2. The van der Waals surface area contributed by atoms with Crippen LogP contribution in [-0.4, -0.2) is 29.7 Å². The quantitative estimate of drug-likeness (QED) is 0.693. The largest absolute Gasteiger partial charge is 0.444 e. The van der Waals surface area contributed by atoms with E-state index in [-0.39, 0.29) is 11.9 Å². The maximum Gasteiger partial charge on any atom is 0.414 e. The summed E-state index contributed by atoms with van der Waals surface area (Å²) in [6, 6.07) is 0.269. The van der Waals surface area contributed by atoms with Crippen LogP contribution in [0, 0.1) is 5.92 Å². The molecule has 2 rings (SSSR count). The molecule has 0 bridgehead atoms. The average molecular weight is 226 g/mol. The van der Waals surface area contributed by atoms with E-state index in [2.05, 4.69) is 10.6 Å². The Kier molecular flexibility index (Phi) is 2.66. The third-order valence-electron chi connectivity index (χ3n) is 2.82. The lowest BCUT2D eigenvalue weighted by Gasteiger charge is -2.20. The number of rotatable bonds is 1. The number of amides is 2. The van der Waals surface area contributed by atoms with E-state index in [0.717, 1.165) is 12.8 Å². The number of ether oxygens (including phenoxy) is 1. The second kappa shape index (κ2) is 3.73. The van der Waals surface area contributed by atoms with Gasteiger partial charge in [0.25, 0.3) is 0 Å². The summed E-state index contributed by atoms with van der Waals surface area (Å²) in [5, 5.41) is 5.43. The molecule has 2 N–H and O–H groups in total. The minimum Gasteiger partial charge on any atom is -0.444 e. The van der Waals surface area contributed by atoms with E-state index >= 15 is 0 Å². The number of hydrogen-bond acceptors (Lipinski definition) is 4. The fraction of sp³-hybridized carbons (Fsp3) is 0.818. The smallest absolute Gasteiger partial charge is 0.414 e. The van der Waals surface area contributed by atoms with E-state index < -0.39 is 11.7 Å². The highest BCUT2D eigenvalue weighted by Gasteiger charge is 2.48. The molecule has 1 saturated heterocycles. The van der Waals surface area contributed by atoms with E-state index in [1.54, 1.807) is 20.8 Å². The van der Waals surface area contributed by atoms with E-state index in [9.17, 15) is 9.59 Å². The predicted molar refractivity (Wildman–Crippen MR) is 57.8 cm³/mol. The third-order valence-corrected chi connectivity index (χ3v) is 2.82. The van der Waals surface area contributed by atoms with Crippen molar-refractivity contribution in [1.29, 1.82) is 0 Å². The topological polar surface area (TPSA) is 67.4 Å². The average Bonchev–Trinajstić information content (AvgIpc) is 2.70. The van der Waals surface area contributed by atoms with Crippen molar-refractivity contribution in [3.05, 3.63) is 0 Å². The molecule has 0 unspecified atom stereocenters. The molecule has 1 heterocycles. The van der Waals surface area contributed by atoms with Gasteiger partial charge in [-0.3, -0.25) is 10.1 Å². The zero-order valence-corrected chi connectivity index (χ0v) is 9.87. The van der Waals surface area contributed by atoms with Gasteiger partial charge in [-0.2, -0.15) is 0 Å². The Labute approximate surface area is 94.9 Å². The molecule has 1 aliphatic heterocycles. The molecule has 1 aliphatic carbocycles. The lowest BCUT2D eigenvalue weighted by Crippen LogP contribution is -2.46. The highest BCUT2D eigenvalue weighted by molar-refractivity contribution is 5.95. The molecule has 2 aliphatic rings. The molecular formula is C11H18N2O3. The van der Waals surface area contributed by atoms with Gasteiger partial charge in [-0.1, -0.05) is 0 Å². The van der Waals surface area contributed by atoms with Crippen LogP contribution in [0.5, 0.6) is 0 Å². The molecule has 2 amide bonds. The first-order chi connectivity index (χ1) is 7.35. The van der Waals surface area contributed by atoms with E-state index in [1.165, 1.54) is 0 Å². The van der Waals surface area contributed by atoms with Crippen LogP contribution in [0.3, 0.4) is 0 Å². The van der Waals surface area contributed by atoms with Gasteiger partial charge >= 0.3 is 6.09 Å². The summed E-state index contributed by atoms with van der Waals surface area (Å²) in [6.45, 7) is 5.29. The molecule has 5 heteroatoms. The van der Waals surface area contributed by atoms with Crippen LogP contribution in [0.2, 0.25) is 0 Å². The van der Waals surface area contributed by atoms with Gasteiger partial charge in [-0.25, -0.2) is 4.79 Å². The van der Waals surface area contributed by atoms with Crippen LogP contribution >= 0.6 is 0 Å². The summed E-state index contributed by atoms with van der Waals surface area (Å²) in [6.07, 6.45) is 1.33. The van der Waals surface area contributed by atoms with E-state index in [4.69, 9.17) is 4.74 Å². The van der Waals surface area contributed by atoms with Crippen LogP contribution < -0.4 is 10.6 Å². The van der Waals surface area contributed by atoms with Gasteiger partial charge in [-0.15, -0.1) is 0 Å². The number of piperidine rings is 1. The van der Waals surface area contributed by atoms with Crippen molar-refractivity contribution >= 4 is 12.0 Å². The lowest BCUT2D eigenvalue weighted by molar-refractivity contribution is -0.122. The summed E-state index contributed by atoms with van der Waals surface area (Å²) >= 11 is 0. The van der Waals surface area contributed by atoms with Crippen molar-refractivity contribution < 1.29 is 14.3 Å². The van der Waals surface area contributed by atoms with Gasteiger partial charge in [0.05, 0.1) is 6.04 Å². The first-order valence-corrected chi connectivity index (χ1v) is 5.65. The maximum atomic E-state index is 11.6. The van der Waals surface area contributed by atoms with Crippen LogP contribution in [0.15, 0.2) is 0 Å². The molecule has 16 heavy (non-hydrogen) atoms. The van der Waals surface area contributed by atoms with Crippen LogP contribution in [0.25, 0.3) is 0 Å². The zero-order chi connectivity index (χ0) is 11.9. The highest BCUT2D eigenvalue weighted by Crippen LogP contribution is 2.40. The molecule has 1 saturated carbocycles. The van der Waals surface area contributed by atoms with Gasteiger partial charge in [0.15, 0.2) is 0 Å². The van der Waals surface area contributed by atoms with E-state index in [1.807, 2.05) is 0 Å². The van der Waals surface area contributed by atoms with Crippen molar-refractivity contribution in [3.63, 3.8) is 0 Å². The molecular weight excluding hydrogens is 208 g/mol. The standard InChI is InChI=1S/C11H18N2O3/c1-11(2,3)16-10(15)13-9(14)8-5-6-4-7(6)12-8/h6-8,12H,4-5H2,1-3H3,(H,13,14,15)/t6-,7-,8-/m0/s1. The number of carbonyl (C=O) groups is 2. The summed E-state index contributed by atoms with van der Waals surface area (Å²) in [5.74, 6) is 0.357. The van der Waals surface area contributed by atoms with Crippen LogP contribution in [0.4, 0.5) is 4.79 Å². The number of hydrogen-bond donors (Lipinski definition) is 2. The molecule has 0 aromatic rings. The molecule has 0 aromatic heterocycles. The Morgan fingerprint density at radius 1 is 1.31 bits per heavy atom. The molecule has 3 atom stereocenters. The second-order valence-electron chi connectivity index (χ2n) is 5.55. The Bertz CT molecular complexity index is 312.